The van der Waals surface area contributed by atoms with Gasteiger partial charge in [-0.2, -0.15) is 5.10 Å². The summed E-state index contributed by atoms with van der Waals surface area (Å²) in [6, 6.07) is 7.85. The molecule has 1 atom stereocenters. The molecule has 0 bridgehead atoms. The van der Waals surface area contributed by atoms with E-state index in [-0.39, 0.29) is 5.91 Å². The summed E-state index contributed by atoms with van der Waals surface area (Å²) in [4.78, 5) is 17.0. The Morgan fingerprint density at radius 2 is 2.07 bits per heavy atom. The summed E-state index contributed by atoms with van der Waals surface area (Å²) < 4.78 is 12.8. The van der Waals surface area contributed by atoms with E-state index in [0.29, 0.717) is 43.6 Å². The molecular formula is C21H28N4O4. The quantitative estimate of drug-likeness (QED) is 0.755. The average molecular weight is 400 g/mol. The Kier molecular flexibility index (Phi) is 5.47. The molecule has 2 aliphatic heterocycles. The zero-order valence-electron chi connectivity index (χ0n) is 17.0. The lowest BCUT2D eigenvalue weighted by atomic mass is 9.89. The number of piperidine rings is 1. The molecule has 0 saturated carbocycles. The molecule has 1 aromatic heterocycles. The van der Waals surface area contributed by atoms with Crippen molar-refractivity contribution in [3.63, 3.8) is 0 Å². The average Bonchev–Trinajstić information content (AvgIpc) is 3.22. The van der Waals surface area contributed by atoms with Crippen LogP contribution in [0.2, 0.25) is 0 Å². The molecule has 2 aliphatic rings. The zero-order chi connectivity index (χ0) is 20.4. The van der Waals surface area contributed by atoms with E-state index in [4.69, 9.17) is 9.47 Å². The number of aromatic nitrogens is 2. The molecule has 2 saturated heterocycles. The minimum Gasteiger partial charge on any atom is -0.493 e. The van der Waals surface area contributed by atoms with Gasteiger partial charge in [-0.05, 0) is 25.0 Å². The van der Waals surface area contributed by atoms with Crippen LogP contribution in [0.3, 0.4) is 0 Å². The maximum Gasteiger partial charge on any atom is 0.256 e. The number of para-hydroxylation sites is 1. The molecule has 3 heterocycles. The van der Waals surface area contributed by atoms with Gasteiger partial charge in [0, 0.05) is 50.7 Å². The van der Waals surface area contributed by atoms with Gasteiger partial charge in [0.25, 0.3) is 5.91 Å². The second-order valence-corrected chi connectivity index (χ2v) is 7.85. The maximum atomic E-state index is 13.2. The van der Waals surface area contributed by atoms with Crippen LogP contribution in [0, 0.1) is 0 Å². The number of carbonyl (C=O) groups is 1. The Hall–Kier alpha value is -2.58. The van der Waals surface area contributed by atoms with Gasteiger partial charge in [-0.1, -0.05) is 12.1 Å². The van der Waals surface area contributed by atoms with Gasteiger partial charge in [-0.3, -0.25) is 14.4 Å². The van der Waals surface area contributed by atoms with E-state index < -0.39 is 5.60 Å². The van der Waals surface area contributed by atoms with E-state index in [9.17, 15) is 9.90 Å². The topological polar surface area (TPSA) is 80.1 Å². The molecule has 0 aliphatic carbocycles. The monoisotopic (exact) mass is 400 g/mol. The van der Waals surface area contributed by atoms with Crippen LogP contribution in [0.5, 0.6) is 11.5 Å². The normalized spacial score (nSPS) is 23.1. The molecule has 1 N–H and O–H groups in total. The molecule has 8 heteroatoms. The predicted molar refractivity (Wildman–Crippen MR) is 107 cm³/mol. The predicted octanol–water partition coefficient (Wildman–Crippen LogP) is 1.31. The van der Waals surface area contributed by atoms with E-state index in [1.807, 2.05) is 35.1 Å². The number of rotatable bonds is 7. The Morgan fingerprint density at radius 1 is 1.24 bits per heavy atom. The van der Waals surface area contributed by atoms with Crippen LogP contribution in [0.25, 0.3) is 0 Å². The first-order valence-corrected chi connectivity index (χ1v) is 9.97. The van der Waals surface area contributed by atoms with Gasteiger partial charge in [0.2, 0.25) is 0 Å². The summed E-state index contributed by atoms with van der Waals surface area (Å²) >= 11 is 0. The van der Waals surface area contributed by atoms with Crippen LogP contribution in [-0.2, 0) is 11.3 Å². The fraction of sp³-hybridized carbons (Fsp3) is 0.524. The number of hydrogen-bond donors (Lipinski definition) is 1. The first kappa shape index (κ1) is 19.7. The lowest BCUT2D eigenvalue weighted by molar-refractivity contribution is -0.162. The van der Waals surface area contributed by atoms with Crippen molar-refractivity contribution in [3.8, 4) is 11.5 Å². The van der Waals surface area contributed by atoms with E-state index in [1.54, 1.807) is 25.3 Å². The van der Waals surface area contributed by atoms with Crippen molar-refractivity contribution < 1.29 is 19.4 Å². The molecule has 4 rings (SSSR count). The number of methoxy groups -OCH3 is 2. The molecule has 0 unspecified atom stereocenters. The molecule has 8 nitrogen and oxygen atoms in total. The fourth-order valence-electron chi connectivity index (χ4n) is 4.35. The van der Waals surface area contributed by atoms with Crippen molar-refractivity contribution >= 4 is 5.91 Å². The van der Waals surface area contributed by atoms with E-state index in [1.165, 1.54) is 0 Å². The van der Waals surface area contributed by atoms with Crippen LogP contribution in [0.15, 0.2) is 36.7 Å². The van der Waals surface area contributed by atoms with Gasteiger partial charge in [0.15, 0.2) is 17.1 Å². The first-order chi connectivity index (χ1) is 14.0. The van der Waals surface area contributed by atoms with E-state index in [2.05, 4.69) is 10.00 Å². The van der Waals surface area contributed by atoms with Gasteiger partial charge < -0.3 is 19.5 Å². The number of aliphatic hydroxyl groups is 1. The van der Waals surface area contributed by atoms with Gasteiger partial charge in [0.1, 0.15) is 0 Å². The van der Waals surface area contributed by atoms with Gasteiger partial charge >= 0.3 is 0 Å². The summed E-state index contributed by atoms with van der Waals surface area (Å²) in [7, 11) is 3.19. The minimum atomic E-state index is -1.35. The Bertz CT molecular complexity index is 850. The van der Waals surface area contributed by atoms with Gasteiger partial charge in [-0.25, -0.2) is 0 Å². The molecule has 0 radical (unpaired) electrons. The highest BCUT2D eigenvalue weighted by Gasteiger charge is 2.45. The van der Waals surface area contributed by atoms with Crippen LogP contribution in [-0.4, -0.2) is 76.6 Å². The summed E-state index contributed by atoms with van der Waals surface area (Å²) in [5.41, 5.74) is -0.480. The van der Waals surface area contributed by atoms with Crippen molar-refractivity contribution in [1.29, 1.82) is 0 Å². The third-order valence-corrected chi connectivity index (χ3v) is 5.87. The SMILES string of the molecule is COc1cccc(CN2CCC[C@@](O)(CN3CC(n4cccn4)C3)C2=O)c1OC. The van der Waals surface area contributed by atoms with Crippen LogP contribution < -0.4 is 9.47 Å². The number of β-amino-alcohol motifs (C(OH)–C–C–N with tert-alkyl or cyclic N) is 1. The Balaban J connectivity index is 1.41. The third-order valence-electron chi connectivity index (χ3n) is 5.87. The number of likely N-dealkylation sites (tertiary alicyclic amines) is 2. The van der Waals surface area contributed by atoms with Crippen molar-refractivity contribution in [1.82, 2.24) is 19.6 Å². The van der Waals surface area contributed by atoms with Crippen molar-refractivity contribution in [2.75, 3.05) is 40.4 Å². The van der Waals surface area contributed by atoms with Crippen LogP contribution in [0.4, 0.5) is 0 Å². The second kappa shape index (κ2) is 8.04. The number of amides is 1. The zero-order valence-corrected chi connectivity index (χ0v) is 17.0. The summed E-state index contributed by atoms with van der Waals surface area (Å²) in [6.07, 6.45) is 4.97. The maximum absolute atomic E-state index is 13.2. The molecule has 29 heavy (non-hydrogen) atoms. The van der Waals surface area contributed by atoms with E-state index in [0.717, 1.165) is 25.1 Å². The van der Waals surface area contributed by atoms with Gasteiger partial charge in [0.05, 0.1) is 20.3 Å². The standard InChI is InChI=1S/C21H28N4O4/c1-28-18-7-3-6-16(19(18)29-2)12-24-10-4-8-21(27,20(24)26)15-23-13-17(14-23)25-11-5-9-22-25/h3,5-7,9,11,17,27H,4,8,10,12-15H2,1-2H3/t21-/m1/s1. The molecule has 2 aromatic rings. The van der Waals surface area contributed by atoms with Crippen LogP contribution in [0.1, 0.15) is 24.4 Å². The molecule has 1 amide bonds. The lowest BCUT2D eigenvalue weighted by Crippen LogP contribution is -2.61. The first-order valence-electron chi connectivity index (χ1n) is 9.97. The second-order valence-electron chi connectivity index (χ2n) is 7.85. The van der Waals surface area contributed by atoms with Crippen LogP contribution >= 0.6 is 0 Å². The summed E-state index contributed by atoms with van der Waals surface area (Å²) in [6.45, 7) is 2.95. The fourth-order valence-corrected chi connectivity index (χ4v) is 4.35. The molecule has 1 aromatic carbocycles. The number of hydrogen-bond acceptors (Lipinski definition) is 6. The number of benzene rings is 1. The minimum absolute atomic E-state index is 0.212. The van der Waals surface area contributed by atoms with Crippen molar-refractivity contribution in [2.24, 2.45) is 0 Å². The lowest BCUT2D eigenvalue weighted by Gasteiger charge is -2.46. The highest BCUT2D eigenvalue weighted by Crippen LogP contribution is 2.34. The summed E-state index contributed by atoms with van der Waals surface area (Å²) in [5, 5.41) is 15.4. The highest BCUT2D eigenvalue weighted by molar-refractivity contribution is 5.86. The van der Waals surface area contributed by atoms with Crippen molar-refractivity contribution in [2.45, 2.75) is 31.0 Å². The van der Waals surface area contributed by atoms with E-state index >= 15 is 0 Å². The Morgan fingerprint density at radius 3 is 2.76 bits per heavy atom. The highest BCUT2D eigenvalue weighted by atomic mass is 16.5. The molecule has 2 fully saturated rings. The number of carbonyl (C=O) groups excluding carboxylic acids is 1. The summed E-state index contributed by atoms with van der Waals surface area (Å²) in [5.74, 6) is 1.05. The molecular weight excluding hydrogens is 372 g/mol. The Labute approximate surface area is 170 Å². The third kappa shape index (κ3) is 3.82. The number of ether oxygens (including phenoxy) is 2. The van der Waals surface area contributed by atoms with Crippen molar-refractivity contribution in [3.05, 3.63) is 42.2 Å². The molecule has 156 valence electrons. The number of nitrogens with zero attached hydrogens (tertiary/aromatic N) is 4. The van der Waals surface area contributed by atoms with Gasteiger partial charge in [-0.15, -0.1) is 0 Å². The largest absolute Gasteiger partial charge is 0.493 e. The molecule has 0 spiro atoms. The smallest absolute Gasteiger partial charge is 0.256 e.